The molecule has 0 aromatic heterocycles. The van der Waals surface area contributed by atoms with Crippen LogP contribution < -0.4 is 5.73 Å². The number of nitrogens with two attached hydrogens (primary N) is 1. The lowest BCUT2D eigenvalue weighted by atomic mass is 10.0. The summed E-state index contributed by atoms with van der Waals surface area (Å²) in [4.78, 5) is 12.1. The molecule has 1 aliphatic rings. The van der Waals surface area contributed by atoms with Crippen molar-refractivity contribution < 1.29 is 14.3 Å². The number of halogens is 1. The Balaban J connectivity index is 2.04. The molecule has 2 rings (SSSR count). The number of hydrogen-bond donors (Lipinski definition) is 1. The van der Waals surface area contributed by atoms with E-state index in [1.54, 1.807) is 18.2 Å². The third kappa shape index (κ3) is 3.85. The molecule has 2 atom stereocenters. The summed E-state index contributed by atoms with van der Waals surface area (Å²) in [6.07, 6.45) is 1.52. The fourth-order valence-electron chi connectivity index (χ4n) is 2.39. The van der Waals surface area contributed by atoms with Crippen LogP contribution in [0.25, 0.3) is 0 Å². The Morgan fingerprint density at radius 2 is 1.95 bits per heavy atom. The fraction of sp³-hybridized carbons (Fsp3) is 0.500. The SMILES string of the molecule is CC1CC(OC(=O)c2cc(N)cc(Cl)c2)CC(C)O1. The molecule has 1 saturated heterocycles. The van der Waals surface area contributed by atoms with Gasteiger partial charge in [0.05, 0.1) is 17.8 Å². The highest BCUT2D eigenvalue weighted by Gasteiger charge is 2.27. The summed E-state index contributed by atoms with van der Waals surface area (Å²) in [5, 5.41) is 0.431. The maximum absolute atomic E-state index is 12.1. The molecule has 5 heteroatoms. The Kier molecular flexibility index (Phi) is 4.32. The molecule has 4 nitrogen and oxygen atoms in total. The van der Waals surface area contributed by atoms with E-state index in [1.165, 1.54) is 0 Å². The van der Waals surface area contributed by atoms with Crippen LogP contribution in [0, 0.1) is 0 Å². The monoisotopic (exact) mass is 283 g/mol. The molecule has 1 aliphatic heterocycles. The van der Waals surface area contributed by atoms with E-state index >= 15 is 0 Å². The van der Waals surface area contributed by atoms with Gasteiger partial charge in [-0.3, -0.25) is 0 Å². The second kappa shape index (κ2) is 5.80. The number of carbonyl (C=O) groups is 1. The molecule has 0 saturated carbocycles. The Morgan fingerprint density at radius 3 is 2.53 bits per heavy atom. The highest BCUT2D eigenvalue weighted by Crippen LogP contribution is 2.24. The fourth-order valence-corrected chi connectivity index (χ4v) is 2.63. The summed E-state index contributed by atoms with van der Waals surface area (Å²) in [7, 11) is 0. The van der Waals surface area contributed by atoms with E-state index in [-0.39, 0.29) is 24.3 Å². The van der Waals surface area contributed by atoms with Gasteiger partial charge < -0.3 is 15.2 Å². The first-order valence-corrected chi connectivity index (χ1v) is 6.74. The van der Waals surface area contributed by atoms with Gasteiger partial charge in [-0.15, -0.1) is 0 Å². The van der Waals surface area contributed by atoms with Crippen molar-refractivity contribution in [3.05, 3.63) is 28.8 Å². The van der Waals surface area contributed by atoms with Gasteiger partial charge in [0.15, 0.2) is 0 Å². The van der Waals surface area contributed by atoms with Gasteiger partial charge in [0.2, 0.25) is 0 Å². The Morgan fingerprint density at radius 1 is 1.32 bits per heavy atom. The summed E-state index contributed by atoms with van der Waals surface area (Å²) in [5.41, 5.74) is 6.50. The smallest absolute Gasteiger partial charge is 0.338 e. The number of esters is 1. The van der Waals surface area contributed by atoms with Crippen molar-refractivity contribution >= 4 is 23.3 Å². The van der Waals surface area contributed by atoms with E-state index in [4.69, 9.17) is 26.8 Å². The maximum Gasteiger partial charge on any atom is 0.338 e. The standard InChI is InChI=1S/C14H18ClNO3/c1-8-3-13(4-9(2)18-8)19-14(17)10-5-11(15)7-12(16)6-10/h5-9,13H,3-4,16H2,1-2H3. The molecule has 2 N–H and O–H groups in total. The molecular weight excluding hydrogens is 266 g/mol. The first-order valence-electron chi connectivity index (χ1n) is 6.36. The second-order valence-corrected chi connectivity index (χ2v) is 5.47. The van der Waals surface area contributed by atoms with Crippen LogP contribution in [0.1, 0.15) is 37.0 Å². The van der Waals surface area contributed by atoms with Crippen molar-refractivity contribution in [1.82, 2.24) is 0 Å². The second-order valence-electron chi connectivity index (χ2n) is 5.03. The normalized spacial score (nSPS) is 27.0. The minimum Gasteiger partial charge on any atom is -0.459 e. The quantitative estimate of drug-likeness (QED) is 0.669. The molecule has 104 valence electrons. The first kappa shape index (κ1) is 14.2. The average molecular weight is 284 g/mol. The molecule has 0 radical (unpaired) electrons. The number of anilines is 1. The largest absolute Gasteiger partial charge is 0.459 e. The van der Waals surface area contributed by atoms with Gasteiger partial charge >= 0.3 is 5.97 Å². The number of rotatable bonds is 2. The minimum atomic E-state index is -0.388. The summed E-state index contributed by atoms with van der Waals surface area (Å²) in [6.45, 7) is 3.96. The van der Waals surface area contributed by atoms with E-state index in [2.05, 4.69) is 0 Å². The van der Waals surface area contributed by atoms with Gasteiger partial charge in [0.1, 0.15) is 6.10 Å². The van der Waals surface area contributed by atoms with Crippen LogP contribution in [0.2, 0.25) is 5.02 Å². The van der Waals surface area contributed by atoms with E-state index in [0.29, 0.717) is 29.1 Å². The molecule has 1 heterocycles. The topological polar surface area (TPSA) is 61.5 Å². The lowest BCUT2D eigenvalue weighted by molar-refractivity contribution is -0.0855. The molecule has 0 spiro atoms. The third-order valence-electron chi connectivity index (χ3n) is 3.08. The van der Waals surface area contributed by atoms with E-state index in [9.17, 15) is 4.79 Å². The van der Waals surface area contributed by atoms with Crippen molar-refractivity contribution in [1.29, 1.82) is 0 Å². The number of nitrogen functional groups attached to an aromatic ring is 1. The Bertz CT molecular complexity index is 448. The van der Waals surface area contributed by atoms with Crippen LogP contribution >= 0.6 is 11.6 Å². The molecule has 19 heavy (non-hydrogen) atoms. The van der Waals surface area contributed by atoms with Crippen molar-refractivity contribution in [2.45, 2.75) is 45.0 Å². The average Bonchev–Trinajstić information content (AvgIpc) is 2.25. The number of benzene rings is 1. The molecule has 1 fully saturated rings. The zero-order valence-corrected chi connectivity index (χ0v) is 11.8. The molecule has 1 aromatic rings. The van der Waals surface area contributed by atoms with Crippen LogP contribution in [0.5, 0.6) is 0 Å². The zero-order valence-electron chi connectivity index (χ0n) is 11.1. The summed E-state index contributed by atoms with van der Waals surface area (Å²) in [6, 6.07) is 4.73. The highest BCUT2D eigenvalue weighted by atomic mass is 35.5. The van der Waals surface area contributed by atoms with Gasteiger partial charge in [0.25, 0.3) is 0 Å². The zero-order chi connectivity index (χ0) is 14.0. The van der Waals surface area contributed by atoms with Crippen molar-refractivity contribution in [3.8, 4) is 0 Å². The Hall–Kier alpha value is -1.26. The molecule has 0 aliphatic carbocycles. The van der Waals surface area contributed by atoms with Crippen molar-refractivity contribution in [3.63, 3.8) is 0 Å². The third-order valence-corrected chi connectivity index (χ3v) is 3.30. The number of hydrogen-bond acceptors (Lipinski definition) is 4. The predicted octanol–water partition coefficient (Wildman–Crippen LogP) is 3.04. The molecular formula is C14H18ClNO3. The van der Waals surface area contributed by atoms with E-state index in [1.807, 2.05) is 13.8 Å². The molecule has 0 bridgehead atoms. The van der Waals surface area contributed by atoms with Gasteiger partial charge in [-0.25, -0.2) is 4.79 Å². The highest BCUT2D eigenvalue weighted by molar-refractivity contribution is 6.31. The molecule has 0 amide bonds. The number of carbonyl (C=O) groups excluding carboxylic acids is 1. The van der Waals surface area contributed by atoms with Gasteiger partial charge in [-0.1, -0.05) is 11.6 Å². The Labute approximate surface area is 117 Å². The summed E-state index contributed by atoms with van der Waals surface area (Å²) < 4.78 is 11.1. The number of ether oxygens (including phenoxy) is 2. The van der Waals surface area contributed by atoms with Gasteiger partial charge in [-0.05, 0) is 32.0 Å². The van der Waals surface area contributed by atoms with Crippen LogP contribution in [0.3, 0.4) is 0 Å². The first-order chi connectivity index (χ1) is 8.94. The van der Waals surface area contributed by atoms with E-state index < -0.39 is 0 Å². The van der Waals surface area contributed by atoms with Crippen LogP contribution in [-0.2, 0) is 9.47 Å². The summed E-state index contributed by atoms with van der Waals surface area (Å²) >= 11 is 5.88. The molecule has 2 unspecified atom stereocenters. The maximum atomic E-state index is 12.1. The van der Waals surface area contributed by atoms with Crippen molar-refractivity contribution in [2.24, 2.45) is 0 Å². The van der Waals surface area contributed by atoms with E-state index in [0.717, 1.165) is 0 Å². The van der Waals surface area contributed by atoms with Gasteiger partial charge in [-0.2, -0.15) is 0 Å². The predicted molar refractivity (Wildman–Crippen MR) is 74.3 cm³/mol. The van der Waals surface area contributed by atoms with Crippen LogP contribution in [0.4, 0.5) is 5.69 Å². The van der Waals surface area contributed by atoms with Crippen LogP contribution in [0.15, 0.2) is 18.2 Å². The van der Waals surface area contributed by atoms with Crippen LogP contribution in [-0.4, -0.2) is 24.3 Å². The summed E-state index contributed by atoms with van der Waals surface area (Å²) in [5.74, 6) is -0.388. The van der Waals surface area contributed by atoms with Gasteiger partial charge in [0, 0.05) is 23.6 Å². The molecule has 1 aromatic carbocycles. The lowest BCUT2D eigenvalue weighted by Crippen LogP contribution is -2.35. The van der Waals surface area contributed by atoms with Crippen molar-refractivity contribution in [2.75, 3.05) is 5.73 Å². The minimum absolute atomic E-state index is 0.103. The lowest BCUT2D eigenvalue weighted by Gasteiger charge is -2.31.